The van der Waals surface area contributed by atoms with Gasteiger partial charge < -0.3 is 4.90 Å². The number of imidazole rings is 1. The van der Waals surface area contributed by atoms with E-state index in [9.17, 15) is 0 Å². The third kappa shape index (κ3) is 1.47. The van der Waals surface area contributed by atoms with Gasteiger partial charge in [-0.1, -0.05) is 45.9 Å². The predicted octanol–water partition coefficient (Wildman–Crippen LogP) is 5.82. The second-order valence-corrected chi connectivity index (χ2v) is 10.1. The van der Waals surface area contributed by atoms with Crippen LogP contribution in [0, 0.1) is 12.3 Å². The number of thiazole rings is 1. The van der Waals surface area contributed by atoms with Crippen molar-refractivity contribution in [3.63, 3.8) is 0 Å². The lowest BCUT2D eigenvalue weighted by molar-refractivity contribution is 0.0628. The first kappa shape index (κ1) is 16.4. The second-order valence-electron chi connectivity index (χ2n) is 9.24. The molecule has 0 aliphatic carbocycles. The maximum Gasteiger partial charge on any atom is 0.194 e. The third-order valence-electron chi connectivity index (χ3n) is 7.96. The fourth-order valence-corrected chi connectivity index (χ4v) is 6.35. The molecule has 136 valence electrons. The fraction of sp³-hybridized carbons (Fsp3) is 0.500. The zero-order valence-electron chi connectivity index (χ0n) is 16.7. The summed E-state index contributed by atoms with van der Waals surface area (Å²) in [5.41, 5.74) is 6.78. The van der Waals surface area contributed by atoms with Gasteiger partial charge in [0.15, 0.2) is 4.96 Å². The largest absolute Gasteiger partial charge is 0.351 e. The van der Waals surface area contributed by atoms with E-state index in [0.29, 0.717) is 6.04 Å². The first-order valence-corrected chi connectivity index (χ1v) is 10.4. The number of para-hydroxylation sites is 1. The number of fused-ring (bicyclic) bond motifs is 7. The molecule has 26 heavy (non-hydrogen) atoms. The Morgan fingerprint density at radius 2 is 1.85 bits per heavy atom. The van der Waals surface area contributed by atoms with Gasteiger partial charge >= 0.3 is 0 Å². The summed E-state index contributed by atoms with van der Waals surface area (Å²) in [6.45, 7) is 16.7. The van der Waals surface area contributed by atoms with E-state index in [1.165, 1.54) is 28.2 Å². The molecular weight excluding hydrogens is 338 g/mol. The molecule has 2 aliphatic heterocycles. The molecule has 2 aromatic heterocycles. The Kier molecular flexibility index (Phi) is 2.85. The molecule has 1 aromatic carbocycles. The first-order valence-electron chi connectivity index (χ1n) is 9.49. The van der Waals surface area contributed by atoms with E-state index in [-0.39, 0.29) is 16.4 Å². The zero-order valence-corrected chi connectivity index (χ0v) is 17.5. The summed E-state index contributed by atoms with van der Waals surface area (Å²) in [4.78, 5) is 8.95. The molecule has 0 saturated heterocycles. The van der Waals surface area contributed by atoms with Crippen LogP contribution < -0.4 is 4.90 Å². The molecule has 3 nitrogen and oxygen atoms in total. The minimum Gasteiger partial charge on any atom is -0.351 e. The molecule has 0 fully saturated rings. The Bertz CT molecular complexity index is 1050. The van der Waals surface area contributed by atoms with Crippen LogP contribution in [-0.2, 0) is 11.0 Å². The van der Waals surface area contributed by atoms with Gasteiger partial charge in [0.25, 0.3) is 0 Å². The van der Waals surface area contributed by atoms with Gasteiger partial charge in [0.2, 0.25) is 0 Å². The highest BCUT2D eigenvalue weighted by atomic mass is 32.1. The second kappa shape index (κ2) is 4.53. The van der Waals surface area contributed by atoms with E-state index in [2.05, 4.69) is 87.5 Å². The topological polar surface area (TPSA) is 20.5 Å². The van der Waals surface area contributed by atoms with E-state index in [4.69, 9.17) is 4.98 Å². The average molecular weight is 366 g/mol. The molecule has 2 atom stereocenters. The van der Waals surface area contributed by atoms with Crippen molar-refractivity contribution in [2.24, 2.45) is 5.41 Å². The van der Waals surface area contributed by atoms with E-state index in [0.717, 1.165) is 4.96 Å². The van der Waals surface area contributed by atoms with Crippen LogP contribution in [0.3, 0.4) is 0 Å². The van der Waals surface area contributed by atoms with Crippen molar-refractivity contribution in [3.05, 3.63) is 52.3 Å². The van der Waals surface area contributed by atoms with Crippen LogP contribution in [0.4, 0.5) is 5.69 Å². The van der Waals surface area contributed by atoms with Gasteiger partial charge in [-0.3, -0.25) is 4.40 Å². The molecule has 0 bridgehead atoms. The zero-order chi connectivity index (χ0) is 18.6. The van der Waals surface area contributed by atoms with Crippen molar-refractivity contribution in [2.75, 3.05) is 4.90 Å². The Morgan fingerprint density at radius 1 is 1.12 bits per heavy atom. The number of benzene rings is 1. The molecule has 5 rings (SSSR count). The smallest absolute Gasteiger partial charge is 0.194 e. The van der Waals surface area contributed by atoms with Gasteiger partial charge in [0.05, 0.1) is 23.0 Å². The molecule has 0 amide bonds. The standard InChI is InChI=1S/C22H27N3S/c1-13-9-8-10-15-16(13)25-14(2)17-18(23-19-24(17)11-12-26-19)22(25,7)21(5,6)20(15,3)4/h8-12,14H,1-7H3/t14-,22?/m0/s1. The minimum absolute atomic E-state index is 0.0182. The van der Waals surface area contributed by atoms with Crippen LogP contribution >= 0.6 is 11.3 Å². The van der Waals surface area contributed by atoms with Crippen molar-refractivity contribution >= 4 is 22.0 Å². The van der Waals surface area contributed by atoms with Crippen LogP contribution in [0.2, 0.25) is 0 Å². The summed E-state index contributed by atoms with van der Waals surface area (Å²) in [7, 11) is 0. The number of hydrogen-bond donors (Lipinski definition) is 0. The highest BCUT2D eigenvalue weighted by Gasteiger charge is 2.65. The summed E-state index contributed by atoms with van der Waals surface area (Å²) in [5.74, 6) is 0. The quantitative estimate of drug-likeness (QED) is 0.500. The molecule has 4 heteroatoms. The van der Waals surface area contributed by atoms with Crippen molar-refractivity contribution < 1.29 is 0 Å². The Labute approximate surface area is 159 Å². The maximum absolute atomic E-state index is 5.16. The van der Waals surface area contributed by atoms with Crippen molar-refractivity contribution in [3.8, 4) is 0 Å². The van der Waals surface area contributed by atoms with Crippen molar-refractivity contribution in [2.45, 2.75) is 65.5 Å². The predicted molar refractivity (Wildman–Crippen MR) is 109 cm³/mol. The summed E-state index contributed by atoms with van der Waals surface area (Å²) in [5, 5.41) is 2.14. The first-order chi connectivity index (χ1) is 12.1. The molecule has 4 heterocycles. The lowest BCUT2D eigenvalue weighted by Crippen LogP contribution is -2.62. The van der Waals surface area contributed by atoms with Crippen molar-refractivity contribution in [1.82, 2.24) is 9.38 Å². The molecule has 3 aromatic rings. The third-order valence-corrected chi connectivity index (χ3v) is 8.71. The van der Waals surface area contributed by atoms with Gasteiger partial charge in [-0.05, 0) is 37.3 Å². The highest BCUT2D eigenvalue weighted by molar-refractivity contribution is 7.15. The van der Waals surface area contributed by atoms with Gasteiger partial charge in [-0.25, -0.2) is 4.98 Å². The van der Waals surface area contributed by atoms with Gasteiger partial charge in [-0.2, -0.15) is 0 Å². The Hall–Kier alpha value is -1.81. The normalized spacial score (nSPS) is 28.1. The summed E-state index contributed by atoms with van der Waals surface area (Å²) >= 11 is 1.73. The van der Waals surface area contributed by atoms with Crippen molar-refractivity contribution in [1.29, 1.82) is 0 Å². The number of aryl methyl sites for hydroxylation is 1. The highest BCUT2D eigenvalue weighted by Crippen LogP contribution is 2.67. The number of anilines is 1. The van der Waals surface area contributed by atoms with Crippen LogP contribution in [0.15, 0.2) is 29.8 Å². The minimum atomic E-state index is -0.143. The lowest BCUT2D eigenvalue weighted by Gasteiger charge is -2.61. The molecule has 0 radical (unpaired) electrons. The molecule has 2 aliphatic rings. The summed E-state index contributed by atoms with van der Waals surface area (Å²) < 4.78 is 2.31. The Balaban J connectivity index is 1.94. The molecule has 0 spiro atoms. The molecule has 0 saturated carbocycles. The lowest BCUT2D eigenvalue weighted by atomic mass is 9.52. The van der Waals surface area contributed by atoms with Gasteiger partial charge in [-0.15, -0.1) is 11.3 Å². The van der Waals surface area contributed by atoms with E-state index in [1.54, 1.807) is 11.3 Å². The van der Waals surface area contributed by atoms with Gasteiger partial charge in [0, 0.05) is 22.7 Å². The number of nitrogens with zero attached hydrogens (tertiary/aromatic N) is 3. The van der Waals surface area contributed by atoms with Crippen LogP contribution in [0.5, 0.6) is 0 Å². The number of aromatic nitrogens is 2. The van der Waals surface area contributed by atoms with E-state index in [1.807, 2.05) is 0 Å². The van der Waals surface area contributed by atoms with E-state index < -0.39 is 0 Å². The summed E-state index contributed by atoms with van der Waals surface area (Å²) in [6, 6.07) is 7.10. The Morgan fingerprint density at radius 3 is 2.58 bits per heavy atom. The van der Waals surface area contributed by atoms with Crippen LogP contribution in [0.1, 0.15) is 70.1 Å². The fourth-order valence-electron chi connectivity index (χ4n) is 5.63. The monoisotopic (exact) mass is 365 g/mol. The molecule has 0 N–H and O–H groups in total. The van der Waals surface area contributed by atoms with E-state index >= 15 is 0 Å². The molecular formula is C22H27N3S. The van der Waals surface area contributed by atoms with Gasteiger partial charge in [0.1, 0.15) is 0 Å². The number of rotatable bonds is 0. The van der Waals surface area contributed by atoms with Crippen LogP contribution in [-0.4, -0.2) is 9.38 Å². The summed E-state index contributed by atoms with van der Waals surface area (Å²) in [6.07, 6.45) is 2.18. The SMILES string of the molecule is Cc1cccc2c1N1[C@@H](C)c3c(nc4sccn34)C1(C)C(C)(C)C2(C)C. The maximum atomic E-state index is 5.16. The molecule has 1 unspecified atom stereocenters. The average Bonchev–Trinajstić information content (AvgIpc) is 3.19. The number of hydrogen-bond acceptors (Lipinski definition) is 3. The van der Waals surface area contributed by atoms with Crippen LogP contribution in [0.25, 0.3) is 4.96 Å².